The number of benzene rings is 2. The van der Waals surface area contributed by atoms with Gasteiger partial charge in [-0.1, -0.05) is 24.3 Å². The molecule has 0 aliphatic rings. The number of nitrogens with one attached hydrogen (secondary N) is 1. The topological polar surface area (TPSA) is 62.3 Å². The molecule has 106 valence electrons. The van der Waals surface area contributed by atoms with Crippen LogP contribution in [-0.2, 0) is 6.61 Å². The molecule has 2 aromatic carbocycles. The fourth-order valence-corrected chi connectivity index (χ4v) is 2.27. The zero-order valence-corrected chi connectivity index (χ0v) is 11.6. The third-order valence-electron chi connectivity index (χ3n) is 3.40. The Labute approximate surface area is 122 Å². The number of carboxylic acids is 1. The first-order valence-corrected chi connectivity index (χ1v) is 6.67. The summed E-state index contributed by atoms with van der Waals surface area (Å²) in [7, 11) is 0. The highest BCUT2D eigenvalue weighted by Crippen LogP contribution is 2.21. The van der Waals surface area contributed by atoms with Crippen LogP contribution in [0.4, 0.5) is 0 Å². The number of hydrogen-bond donors (Lipinski definition) is 2. The molecule has 0 aliphatic carbocycles. The normalized spacial score (nSPS) is 10.7. The van der Waals surface area contributed by atoms with Crippen LogP contribution < -0.4 is 4.74 Å². The van der Waals surface area contributed by atoms with Crippen molar-refractivity contribution in [3.05, 3.63) is 65.4 Å². The maximum atomic E-state index is 11.0. The molecule has 3 aromatic rings. The van der Waals surface area contributed by atoms with Crippen LogP contribution >= 0.6 is 0 Å². The van der Waals surface area contributed by atoms with Gasteiger partial charge in [0, 0.05) is 5.52 Å². The number of H-pyrrole nitrogens is 1. The highest BCUT2D eigenvalue weighted by Gasteiger charge is 2.07. The molecule has 21 heavy (non-hydrogen) atoms. The molecule has 0 fully saturated rings. The number of hydrogen-bond acceptors (Lipinski definition) is 2. The lowest BCUT2D eigenvalue weighted by atomic mass is 10.2. The Morgan fingerprint density at radius 2 is 2.00 bits per heavy atom. The lowest BCUT2D eigenvalue weighted by Gasteiger charge is -2.07. The van der Waals surface area contributed by atoms with E-state index in [1.807, 2.05) is 37.3 Å². The van der Waals surface area contributed by atoms with Crippen molar-refractivity contribution in [1.29, 1.82) is 0 Å². The van der Waals surface area contributed by atoms with Gasteiger partial charge in [0.2, 0.25) is 0 Å². The number of fused-ring (bicyclic) bond motifs is 1. The Hall–Kier alpha value is -2.75. The van der Waals surface area contributed by atoms with Gasteiger partial charge < -0.3 is 14.8 Å². The fraction of sp³-hybridized carbons (Fsp3) is 0.118. The highest BCUT2D eigenvalue weighted by atomic mass is 16.5. The molecule has 0 spiro atoms. The van der Waals surface area contributed by atoms with Crippen molar-refractivity contribution in [3.63, 3.8) is 0 Å². The maximum absolute atomic E-state index is 11.0. The molecule has 0 radical (unpaired) electrons. The van der Waals surface area contributed by atoms with Crippen LogP contribution in [0.25, 0.3) is 10.9 Å². The van der Waals surface area contributed by atoms with Crippen molar-refractivity contribution in [2.75, 3.05) is 0 Å². The molecule has 1 heterocycles. The molecule has 1 aromatic heterocycles. The Balaban J connectivity index is 1.82. The van der Waals surface area contributed by atoms with Crippen LogP contribution in [0, 0.1) is 6.92 Å². The van der Waals surface area contributed by atoms with Gasteiger partial charge in [0.1, 0.15) is 12.4 Å². The van der Waals surface area contributed by atoms with E-state index in [1.54, 1.807) is 18.2 Å². The largest absolute Gasteiger partial charge is 0.487 e. The summed E-state index contributed by atoms with van der Waals surface area (Å²) in [6.45, 7) is 2.42. The van der Waals surface area contributed by atoms with E-state index in [1.165, 1.54) is 0 Å². The highest BCUT2D eigenvalue weighted by molar-refractivity contribution is 5.93. The van der Waals surface area contributed by atoms with Gasteiger partial charge in [-0.25, -0.2) is 4.79 Å². The Morgan fingerprint density at radius 3 is 2.76 bits per heavy atom. The number of aromatic nitrogens is 1. The smallest absolute Gasteiger partial charge is 0.335 e. The van der Waals surface area contributed by atoms with Crippen LogP contribution in [0.1, 0.15) is 21.6 Å². The van der Waals surface area contributed by atoms with Gasteiger partial charge in [0.25, 0.3) is 0 Å². The first-order valence-electron chi connectivity index (χ1n) is 6.67. The van der Waals surface area contributed by atoms with E-state index in [9.17, 15) is 4.79 Å². The minimum Gasteiger partial charge on any atom is -0.487 e. The fourth-order valence-electron chi connectivity index (χ4n) is 2.27. The summed E-state index contributed by atoms with van der Waals surface area (Å²) in [5.74, 6) is -0.0772. The van der Waals surface area contributed by atoms with Crippen molar-refractivity contribution in [2.24, 2.45) is 0 Å². The first-order chi connectivity index (χ1) is 10.1. The Bertz CT molecular complexity index is 805. The van der Waals surface area contributed by atoms with Gasteiger partial charge in [-0.2, -0.15) is 0 Å². The summed E-state index contributed by atoms with van der Waals surface area (Å²) in [5, 5.41) is 9.97. The SMILES string of the molecule is Cc1ccccc1OCc1cc2ccc(C(=O)O)cc2[nH]1. The van der Waals surface area contributed by atoms with Crippen LogP contribution in [-0.4, -0.2) is 16.1 Å². The van der Waals surface area contributed by atoms with Crippen LogP contribution in [0.15, 0.2) is 48.5 Å². The van der Waals surface area contributed by atoms with E-state index in [0.717, 1.165) is 27.9 Å². The number of carboxylic acid groups (broad SMARTS) is 1. The van der Waals surface area contributed by atoms with Gasteiger partial charge >= 0.3 is 5.97 Å². The third kappa shape index (κ3) is 2.74. The molecular formula is C17H15NO3. The van der Waals surface area contributed by atoms with Crippen molar-refractivity contribution in [2.45, 2.75) is 13.5 Å². The van der Waals surface area contributed by atoms with E-state index in [2.05, 4.69) is 4.98 Å². The molecule has 0 saturated heterocycles. The third-order valence-corrected chi connectivity index (χ3v) is 3.40. The molecule has 0 aliphatic heterocycles. The van der Waals surface area contributed by atoms with E-state index >= 15 is 0 Å². The van der Waals surface area contributed by atoms with Gasteiger partial charge in [-0.05, 0) is 42.1 Å². The summed E-state index contributed by atoms with van der Waals surface area (Å²) in [6, 6.07) is 14.8. The second-order valence-corrected chi connectivity index (χ2v) is 4.96. The molecule has 0 amide bonds. The average molecular weight is 281 g/mol. The lowest BCUT2D eigenvalue weighted by Crippen LogP contribution is -1.97. The molecule has 2 N–H and O–H groups in total. The zero-order chi connectivity index (χ0) is 14.8. The van der Waals surface area contributed by atoms with Crippen LogP contribution in [0.2, 0.25) is 0 Å². The maximum Gasteiger partial charge on any atom is 0.335 e. The minimum absolute atomic E-state index is 0.274. The number of ether oxygens (including phenoxy) is 1. The van der Waals surface area contributed by atoms with Gasteiger partial charge in [-0.15, -0.1) is 0 Å². The predicted molar refractivity (Wildman–Crippen MR) is 80.8 cm³/mol. The lowest BCUT2D eigenvalue weighted by molar-refractivity contribution is 0.0697. The summed E-state index contributed by atoms with van der Waals surface area (Å²) < 4.78 is 5.78. The molecule has 0 saturated carbocycles. The molecule has 0 bridgehead atoms. The zero-order valence-electron chi connectivity index (χ0n) is 11.6. The van der Waals surface area contributed by atoms with Crippen LogP contribution in [0.5, 0.6) is 5.75 Å². The Kier molecular flexibility index (Phi) is 3.36. The van der Waals surface area contributed by atoms with E-state index < -0.39 is 5.97 Å². The van der Waals surface area contributed by atoms with Crippen LogP contribution in [0.3, 0.4) is 0 Å². The number of aromatic amines is 1. The standard InChI is InChI=1S/C17H15NO3/c1-11-4-2-3-5-16(11)21-10-14-8-12-6-7-13(17(19)20)9-15(12)18-14/h2-9,18H,10H2,1H3,(H,19,20). The van der Waals surface area contributed by atoms with Gasteiger partial charge in [0.05, 0.1) is 11.3 Å². The second kappa shape index (κ2) is 5.32. The summed E-state index contributed by atoms with van der Waals surface area (Å²) in [4.78, 5) is 14.2. The molecule has 3 rings (SSSR count). The molecular weight excluding hydrogens is 266 g/mol. The van der Waals surface area contributed by atoms with Crippen molar-refractivity contribution in [3.8, 4) is 5.75 Å². The second-order valence-electron chi connectivity index (χ2n) is 4.96. The Morgan fingerprint density at radius 1 is 1.19 bits per heavy atom. The summed E-state index contributed by atoms with van der Waals surface area (Å²) in [6.07, 6.45) is 0. The number of para-hydroxylation sites is 1. The quantitative estimate of drug-likeness (QED) is 0.765. The van der Waals surface area contributed by atoms with Gasteiger partial charge in [-0.3, -0.25) is 0 Å². The molecule has 0 atom stereocenters. The van der Waals surface area contributed by atoms with Gasteiger partial charge in [0.15, 0.2) is 0 Å². The summed E-state index contributed by atoms with van der Waals surface area (Å²) >= 11 is 0. The van der Waals surface area contributed by atoms with Crippen molar-refractivity contribution in [1.82, 2.24) is 4.98 Å². The number of aryl methyl sites for hydroxylation is 1. The number of rotatable bonds is 4. The molecule has 0 unspecified atom stereocenters. The minimum atomic E-state index is -0.927. The van der Waals surface area contributed by atoms with E-state index in [-0.39, 0.29) is 5.56 Å². The molecule has 4 heteroatoms. The summed E-state index contributed by atoms with van der Waals surface area (Å²) in [5.41, 5.74) is 3.08. The first kappa shape index (κ1) is 13.2. The van der Waals surface area contributed by atoms with Crippen molar-refractivity contribution >= 4 is 16.9 Å². The predicted octanol–water partition coefficient (Wildman–Crippen LogP) is 3.75. The number of aromatic carboxylic acids is 1. The average Bonchev–Trinajstić information content (AvgIpc) is 2.88. The van der Waals surface area contributed by atoms with Crippen molar-refractivity contribution < 1.29 is 14.6 Å². The monoisotopic (exact) mass is 281 g/mol. The number of carbonyl (C=O) groups is 1. The molecule has 4 nitrogen and oxygen atoms in total. The van der Waals surface area contributed by atoms with E-state index in [4.69, 9.17) is 9.84 Å². The van der Waals surface area contributed by atoms with E-state index in [0.29, 0.717) is 6.61 Å².